The number of nitrogens with zero attached hydrogens (tertiary/aromatic N) is 1. The number of anilines is 1. The summed E-state index contributed by atoms with van der Waals surface area (Å²) >= 11 is 0. The van der Waals surface area contributed by atoms with Crippen LogP contribution in [0.2, 0.25) is 0 Å². The minimum Gasteiger partial charge on any atom is -0.455 e. The van der Waals surface area contributed by atoms with Crippen molar-refractivity contribution in [3.63, 3.8) is 0 Å². The molecule has 34 heavy (non-hydrogen) atoms. The summed E-state index contributed by atoms with van der Waals surface area (Å²) in [5, 5.41) is 2.80. The summed E-state index contributed by atoms with van der Waals surface area (Å²) in [6, 6.07) is 15.2. The lowest BCUT2D eigenvalue weighted by atomic mass is 10.0. The average Bonchev–Trinajstić information content (AvgIpc) is 2.83. The van der Waals surface area contributed by atoms with Crippen LogP contribution in [0.1, 0.15) is 21.5 Å². The van der Waals surface area contributed by atoms with E-state index in [1.807, 2.05) is 26.0 Å². The number of hydrogen-bond acceptors (Lipinski definition) is 5. The molecule has 0 bridgehead atoms. The molecular weight excluding hydrogens is 459 g/mol. The lowest BCUT2D eigenvalue weighted by Gasteiger charge is -2.26. The van der Waals surface area contributed by atoms with Gasteiger partial charge in [0.1, 0.15) is 11.6 Å². The lowest BCUT2D eigenvalue weighted by molar-refractivity contribution is 0.0730. The third-order valence-corrected chi connectivity index (χ3v) is 7.38. The van der Waals surface area contributed by atoms with Gasteiger partial charge in [-0.1, -0.05) is 17.7 Å². The van der Waals surface area contributed by atoms with Crippen LogP contribution >= 0.6 is 0 Å². The molecule has 0 atom stereocenters. The van der Waals surface area contributed by atoms with Crippen molar-refractivity contribution in [1.29, 1.82) is 0 Å². The van der Waals surface area contributed by atoms with Crippen LogP contribution in [0.3, 0.4) is 0 Å². The topological polar surface area (TPSA) is 84.9 Å². The molecule has 0 saturated carbocycles. The summed E-state index contributed by atoms with van der Waals surface area (Å²) in [7, 11) is -3.80. The van der Waals surface area contributed by atoms with E-state index in [2.05, 4.69) is 5.32 Å². The van der Waals surface area contributed by atoms with Crippen molar-refractivity contribution in [3.8, 4) is 11.5 Å². The Hall–Kier alpha value is -3.27. The van der Waals surface area contributed by atoms with Crippen LogP contribution in [0.15, 0.2) is 65.6 Å². The van der Waals surface area contributed by atoms with Gasteiger partial charge in [-0.2, -0.15) is 4.31 Å². The number of nitrogens with one attached hydrogen (secondary N) is 1. The SMILES string of the molecule is Cc1ccc(C)c(C(=O)Nc2cc(S(=O)(=O)N3CCOCC3)ccc2Oc2ccc(F)cc2)c1. The maximum Gasteiger partial charge on any atom is 0.256 e. The van der Waals surface area contributed by atoms with E-state index in [0.29, 0.717) is 24.5 Å². The van der Waals surface area contributed by atoms with Gasteiger partial charge < -0.3 is 14.8 Å². The second-order valence-corrected chi connectivity index (χ2v) is 9.94. The van der Waals surface area contributed by atoms with Gasteiger partial charge in [0, 0.05) is 18.7 Å². The number of carbonyl (C=O) groups excluding carboxylic acids is 1. The first-order valence-electron chi connectivity index (χ1n) is 10.8. The molecule has 3 aromatic rings. The highest BCUT2D eigenvalue weighted by Gasteiger charge is 2.27. The van der Waals surface area contributed by atoms with Crippen molar-refractivity contribution >= 4 is 21.6 Å². The summed E-state index contributed by atoms with van der Waals surface area (Å²) in [5.41, 5.74) is 2.35. The second-order valence-electron chi connectivity index (χ2n) is 8.00. The molecule has 1 amide bonds. The van der Waals surface area contributed by atoms with Gasteiger partial charge in [-0.3, -0.25) is 4.79 Å². The van der Waals surface area contributed by atoms with Crippen LogP contribution in [0, 0.1) is 19.7 Å². The Bertz CT molecular complexity index is 1300. The number of ether oxygens (including phenoxy) is 2. The smallest absolute Gasteiger partial charge is 0.256 e. The number of halogens is 1. The molecule has 1 heterocycles. The number of amides is 1. The molecule has 3 aromatic carbocycles. The minimum absolute atomic E-state index is 0.0251. The predicted molar refractivity (Wildman–Crippen MR) is 126 cm³/mol. The third kappa shape index (κ3) is 5.27. The van der Waals surface area contributed by atoms with Gasteiger partial charge in [-0.15, -0.1) is 0 Å². The largest absolute Gasteiger partial charge is 0.455 e. The Morgan fingerprint density at radius 2 is 1.71 bits per heavy atom. The van der Waals surface area contributed by atoms with E-state index in [9.17, 15) is 17.6 Å². The molecule has 178 valence electrons. The van der Waals surface area contributed by atoms with E-state index in [0.717, 1.165) is 11.1 Å². The van der Waals surface area contributed by atoms with Crippen LogP contribution in [0.25, 0.3) is 0 Å². The Labute approximate surface area is 198 Å². The number of morpholine rings is 1. The quantitative estimate of drug-likeness (QED) is 0.557. The Kier molecular flexibility index (Phi) is 6.97. The first kappa shape index (κ1) is 23.9. The molecule has 1 aliphatic heterocycles. The van der Waals surface area contributed by atoms with Gasteiger partial charge in [0.25, 0.3) is 5.91 Å². The van der Waals surface area contributed by atoms with Gasteiger partial charge in [-0.05, 0) is 67.9 Å². The average molecular weight is 485 g/mol. The molecule has 4 rings (SSSR count). The van der Waals surface area contributed by atoms with Crippen molar-refractivity contribution in [2.45, 2.75) is 18.7 Å². The highest BCUT2D eigenvalue weighted by atomic mass is 32.2. The normalized spacial score (nSPS) is 14.6. The number of hydrogen-bond donors (Lipinski definition) is 1. The van der Waals surface area contributed by atoms with Crippen LogP contribution in [0.4, 0.5) is 10.1 Å². The Morgan fingerprint density at radius 3 is 2.41 bits per heavy atom. The van der Waals surface area contributed by atoms with Gasteiger partial charge in [0.15, 0.2) is 5.75 Å². The number of benzene rings is 3. The molecule has 0 aliphatic carbocycles. The zero-order valence-electron chi connectivity index (χ0n) is 18.9. The molecule has 1 N–H and O–H groups in total. The summed E-state index contributed by atoms with van der Waals surface area (Å²) < 4.78 is 52.1. The van der Waals surface area contributed by atoms with Crippen molar-refractivity contribution < 1.29 is 27.1 Å². The fourth-order valence-corrected chi connectivity index (χ4v) is 5.03. The maximum absolute atomic E-state index is 13.3. The van der Waals surface area contributed by atoms with E-state index in [1.165, 1.54) is 46.8 Å². The van der Waals surface area contributed by atoms with E-state index >= 15 is 0 Å². The molecule has 0 radical (unpaired) electrons. The van der Waals surface area contributed by atoms with Crippen molar-refractivity contribution in [2.75, 3.05) is 31.6 Å². The highest BCUT2D eigenvalue weighted by molar-refractivity contribution is 7.89. The summed E-state index contributed by atoms with van der Waals surface area (Å²) in [5.74, 6) is -0.243. The first-order chi connectivity index (χ1) is 16.2. The molecule has 7 nitrogen and oxygen atoms in total. The summed E-state index contributed by atoms with van der Waals surface area (Å²) in [6.45, 7) is 4.85. The minimum atomic E-state index is -3.80. The summed E-state index contributed by atoms with van der Waals surface area (Å²) in [4.78, 5) is 13.1. The number of sulfonamides is 1. The van der Waals surface area contributed by atoms with Gasteiger partial charge in [-0.25, -0.2) is 12.8 Å². The molecule has 0 unspecified atom stereocenters. The second kappa shape index (κ2) is 9.92. The van der Waals surface area contributed by atoms with Crippen LogP contribution < -0.4 is 10.1 Å². The van der Waals surface area contributed by atoms with Crippen LogP contribution in [0.5, 0.6) is 11.5 Å². The third-order valence-electron chi connectivity index (χ3n) is 5.49. The monoisotopic (exact) mass is 484 g/mol. The zero-order valence-corrected chi connectivity index (χ0v) is 19.7. The maximum atomic E-state index is 13.3. The number of carbonyl (C=O) groups is 1. The predicted octanol–water partition coefficient (Wildman–Crippen LogP) is 4.51. The lowest BCUT2D eigenvalue weighted by Crippen LogP contribution is -2.40. The first-order valence-corrected chi connectivity index (χ1v) is 12.2. The Morgan fingerprint density at radius 1 is 1.00 bits per heavy atom. The van der Waals surface area contributed by atoms with Crippen molar-refractivity contribution in [3.05, 3.63) is 83.2 Å². The van der Waals surface area contributed by atoms with Gasteiger partial charge in [0.05, 0.1) is 23.8 Å². The molecule has 1 saturated heterocycles. The molecule has 1 fully saturated rings. The summed E-state index contributed by atoms with van der Waals surface area (Å²) in [6.07, 6.45) is 0. The van der Waals surface area contributed by atoms with E-state index in [4.69, 9.17) is 9.47 Å². The van der Waals surface area contributed by atoms with Gasteiger partial charge in [0.2, 0.25) is 10.0 Å². The van der Waals surface area contributed by atoms with Crippen LogP contribution in [-0.4, -0.2) is 44.9 Å². The number of aryl methyl sites for hydroxylation is 2. The fourth-order valence-electron chi connectivity index (χ4n) is 3.59. The standard InChI is InChI=1S/C25H25FN2O5S/c1-17-3-4-18(2)22(15-17)25(29)27-23-16-21(34(30,31)28-11-13-32-14-12-28)9-10-24(23)33-20-7-5-19(26)6-8-20/h3-10,15-16H,11-14H2,1-2H3,(H,27,29). The zero-order chi connectivity index (χ0) is 24.3. The fraction of sp³-hybridized carbons (Fsp3) is 0.240. The van der Waals surface area contributed by atoms with Crippen molar-refractivity contribution in [2.24, 2.45) is 0 Å². The number of rotatable bonds is 6. The molecule has 9 heteroatoms. The van der Waals surface area contributed by atoms with E-state index in [1.54, 1.807) is 6.07 Å². The molecule has 1 aliphatic rings. The highest BCUT2D eigenvalue weighted by Crippen LogP contribution is 2.33. The molecule has 0 aromatic heterocycles. The Balaban J connectivity index is 1.71. The van der Waals surface area contributed by atoms with Crippen molar-refractivity contribution in [1.82, 2.24) is 4.31 Å². The van der Waals surface area contributed by atoms with Crippen LogP contribution in [-0.2, 0) is 14.8 Å². The van der Waals surface area contributed by atoms with E-state index in [-0.39, 0.29) is 29.4 Å². The van der Waals surface area contributed by atoms with E-state index < -0.39 is 21.7 Å². The molecular formula is C25H25FN2O5S. The van der Waals surface area contributed by atoms with Gasteiger partial charge >= 0.3 is 0 Å². The molecule has 0 spiro atoms.